The number of amides is 1. The van der Waals surface area contributed by atoms with Crippen molar-refractivity contribution >= 4 is 11.7 Å². The number of fused-ring (bicyclic) bond motifs is 3. The summed E-state index contributed by atoms with van der Waals surface area (Å²) in [7, 11) is 0. The molecular weight excluding hydrogens is 571 g/mol. The summed E-state index contributed by atoms with van der Waals surface area (Å²) in [6.07, 6.45) is 9.47. The van der Waals surface area contributed by atoms with E-state index in [-0.39, 0.29) is 30.8 Å². The third-order valence-corrected chi connectivity index (χ3v) is 10.8. The Bertz CT molecular complexity index is 1510. The zero-order valence-corrected chi connectivity index (χ0v) is 26.3. The van der Waals surface area contributed by atoms with E-state index in [1.807, 2.05) is 0 Å². The van der Waals surface area contributed by atoms with Gasteiger partial charge in [0.2, 0.25) is 6.54 Å². The summed E-state index contributed by atoms with van der Waals surface area (Å²) in [6.45, 7) is 16.7. The van der Waals surface area contributed by atoms with Gasteiger partial charge in [-0.25, -0.2) is 11.0 Å². The van der Waals surface area contributed by atoms with Gasteiger partial charge in [0.05, 0.1) is 23.4 Å². The lowest BCUT2D eigenvalue weighted by Gasteiger charge is -2.41. The molecule has 9 nitrogen and oxygen atoms in total. The maximum atomic E-state index is 13.9. The maximum Gasteiger partial charge on any atom is 0.318 e. The largest absolute Gasteiger partial charge is 0.461 e. The fourth-order valence-electron chi connectivity index (χ4n) is 8.58. The Hall–Kier alpha value is -3.55. The van der Waals surface area contributed by atoms with Crippen LogP contribution in [0.5, 0.6) is 6.01 Å². The number of benzene rings is 1. The van der Waals surface area contributed by atoms with Crippen molar-refractivity contribution < 1.29 is 18.7 Å². The van der Waals surface area contributed by atoms with Crippen LogP contribution in [-0.4, -0.2) is 83.1 Å². The maximum absolute atomic E-state index is 13.9. The van der Waals surface area contributed by atoms with Crippen LogP contribution in [0.2, 0.25) is 0 Å². The Morgan fingerprint density at radius 3 is 2.73 bits per heavy atom. The van der Waals surface area contributed by atoms with Crippen LogP contribution < -0.4 is 9.64 Å². The second kappa shape index (κ2) is 12.3. The molecule has 7 rings (SSSR count). The number of halogens is 1. The van der Waals surface area contributed by atoms with E-state index < -0.39 is 17.8 Å². The molecule has 1 aromatic heterocycles. The molecule has 45 heavy (non-hydrogen) atoms. The van der Waals surface area contributed by atoms with Crippen LogP contribution in [0.15, 0.2) is 30.6 Å². The van der Waals surface area contributed by atoms with Crippen LogP contribution in [0.25, 0.3) is 4.85 Å². The highest BCUT2D eigenvalue weighted by molar-refractivity contribution is 5.91. The highest BCUT2D eigenvalue weighted by Gasteiger charge is 2.45. The molecule has 3 fully saturated rings. The van der Waals surface area contributed by atoms with Crippen molar-refractivity contribution in [2.75, 3.05) is 50.8 Å². The molecular formula is C35H43FN6O3. The lowest BCUT2D eigenvalue weighted by atomic mass is 9.84. The second-order valence-electron chi connectivity index (χ2n) is 13.4. The number of rotatable bonds is 7. The number of hydrogen-bond donors (Lipinski definition) is 0. The summed E-state index contributed by atoms with van der Waals surface area (Å²) in [6, 6.07) is 6.50. The van der Waals surface area contributed by atoms with Gasteiger partial charge < -0.3 is 24.1 Å². The quantitative estimate of drug-likeness (QED) is 0.315. The SMILES string of the molecule is [C-]#[N+]C[C@H]1CN(c2nc(OCC34CCCN3CCC4)nc3c2[C@H](C)O[C@H](c2cccc4c2CCCC4)C3)CCN1C(=O)C(=C)F. The molecule has 0 unspecified atom stereocenters. The molecule has 0 saturated carbocycles. The van der Waals surface area contributed by atoms with Gasteiger partial charge in [0.15, 0.2) is 5.83 Å². The van der Waals surface area contributed by atoms with E-state index in [1.54, 1.807) is 0 Å². The third-order valence-electron chi connectivity index (χ3n) is 10.8. The molecule has 0 bridgehead atoms. The molecule has 238 valence electrons. The first-order chi connectivity index (χ1) is 21.9. The van der Waals surface area contributed by atoms with Crippen molar-refractivity contribution in [3.63, 3.8) is 0 Å². The van der Waals surface area contributed by atoms with E-state index in [2.05, 4.69) is 46.3 Å². The van der Waals surface area contributed by atoms with Gasteiger partial charge in [-0.05, 0) is 88.1 Å². The zero-order valence-electron chi connectivity index (χ0n) is 26.3. The first-order valence-corrected chi connectivity index (χ1v) is 16.7. The number of carbonyl (C=O) groups excluding carboxylic acids is 1. The van der Waals surface area contributed by atoms with Gasteiger partial charge in [0.25, 0.3) is 5.91 Å². The average molecular weight is 615 g/mol. The summed E-state index contributed by atoms with van der Waals surface area (Å²) in [4.78, 5) is 32.4. The van der Waals surface area contributed by atoms with Crippen molar-refractivity contribution in [1.29, 1.82) is 0 Å². The molecule has 1 aliphatic carbocycles. The Morgan fingerprint density at radius 2 is 1.96 bits per heavy atom. The molecule has 10 heteroatoms. The Balaban J connectivity index is 1.23. The molecule has 2 aromatic rings. The van der Waals surface area contributed by atoms with Gasteiger partial charge in [0.1, 0.15) is 18.5 Å². The molecule has 0 radical (unpaired) electrons. The van der Waals surface area contributed by atoms with E-state index >= 15 is 0 Å². The minimum absolute atomic E-state index is 0.0585. The minimum atomic E-state index is -1.00. The monoisotopic (exact) mass is 614 g/mol. The fraction of sp³-hybridized carbons (Fsp3) is 0.600. The average Bonchev–Trinajstić information content (AvgIpc) is 3.63. The molecule has 4 aliphatic heterocycles. The number of nitrogens with zero attached hydrogens (tertiary/aromatic N) is 6. The molecule has 1 amide bonds. The normalized spacial score (nSPS) is 25.7. The van der Waals surface area contributed by atoms with Gasteiger partial charge in [-0.2, -0.15) is 9.97 Å². The lowest BCUT2D eigenvalue weighted by molar-refractivity contribution is -0.131. The van der Waals surface area contributed by atoms with Gasteiger partial charge in [0, 0.05) is 31.6 Å². The predicted molar refractivity (Wildman–Crippen MR) is 169 cm³/mol. The van der Waals surface area contributed by atoms with Crippen molar-refractivity contribution in [2.45, 2.75) is 88.5 Å². The molecule has 0 spiro atoms. The van der Waals surface area contributed by atoms with Gasteiger partial charge in [-0.1, -0.05) is 24.8 Å². The van der Waals surface area contributed by atoms with E-state index in [0.29, 0.717) is 32.1 Å². The second-order valence-corrected chi connectivity index (χ2v) is 13.4. The van der Waals surface area contributed by atoms with Gasteiger partial charge >= 0.3 is 6.01 Å². The first kappa shape index (κ1) is 30.1. The van der Waals surface area contributed by atoms with Crippen LogP contribution in [0.4, 0.5) is 10.2 Å². The standard InChI is InChI=1S/C35H43FN6O3/c1-23(36)33(43)42-18-17-40(21-26(42)20-37-3)32-31-24(2)45-30(28-12-6-10-25-9-4-5-11-27(25)28)19-29(31)38-34(39-32)44-22-35-13-7-15-41(35)16-8-14-35/h6,10,12,24,26,30H,1,4-5,7-9,11,13-22H2,2H3/t24-,26-,30-/m0/s1. The number of aryl methyl sites for hydroxylation is 1. The molecule has 5 aliphatic rings. The highest BCUT2D eigenvalue weighted by Crippen LogP contribution is 2.44. The molecule has 1 aromatic carbocycles. The number of carbonyl (C=O) groups is 1. The Labute approximate surface area is 265 Å². The summed E-state index contributed by atoms with van der Waals surface area (Å²) in [5.74, 6) is -1.03. The topological polar surface area (TPSA) is 75.4 Å². The summed E-state index contributed by atoms with van der Waals surface area (Å²) in [5, 5.41) is 0. The highest BCUT2D eigenvalue weighted by atomic mass is 19.1. The van der Waals surface area contributed by atoms with E-state index in [4.69, 9.17) is 26.0 Å². The number of piperazine rings is 1. The lowest BCUT2D eigenvalue weighted by Crippen LogP contribution is -2.57. The van der Waals surface area contributed by atoms with Crippen molar-refractivity contribution in [1.82, 2.24) is 19.8 Å². The van der Waals surface area contributed by atoms with Crippen LogP contribution in [0, 0.1) is 6.57 Å². The number of hydrogen-bond acceptors (Lipinski definition) is 7. The van der Waals surface area contributed by atoms with Crippen LogP contribution in [0.3, 0.4) is 0 Å². The third kappa shape index (κ3) is 5.59. The van der Waals surface area contributed by atoms with Crippen molar-refractivity contribution in [3.05, 3.63) is 70.0 Å². The van der Waals surface area contributed by atoms with Gasteiger partial charge in [-0.15, -0.1) is 0 Å². The van der Waals surface area contributed by atoms with Crippen LogP contribution in [-0.2, 0) is 28.8 Å². The zero-order chi connectivity index (χ0) is 31.1. The Kier molecular flexibility index (Phi) is 8.25. The molecule has 5 heterocycles. The van der Waals surface area contributed by atoms with E-state index in [0.717, 1.165) is 55.8 Å². The molecule has 3 saturated heterocycles. The van der Waals surface area contributed by atoms with Crippen molar-refractivity contribution in [3.8, 4) is 6.01 Å². The molecule has 3 atom stereocenters. The smallest absolute Gasteiger partial charge is 0.318 e. The summed E-state index contributed by atoms with van der Waals surface area (Å²) < 4.78 is 27.2. The minimum Gasteiger partial charge on any atom is -0.461 e. The number of aromatic nitrogens is 2. The van der Waals surface area contributed by atoms with E-state index in [9.17, 15) is 9.18 Å². The Morgan fingerprint density at radius 1 is 1.16 bits per heavy atom. The van der Waals surface area contributed by atoms with Gasteiger partial charge in [-0.3, -0.25) is 9.69 Å². The summed E-state index contributed by atoms with van der Waals surface area (Å²) >= 11 is 0. The number of anilines is 1. The van der Waals surface area contributed by atoms with E-state index in [1.165, 1.54) is 47.3 Å². The molecule has 0 N–H and O–H groups in total. The first-order valence-electron chi connectivity index (χ1n) is 16.7. The van der Waals surface area contributed by atoms with Crippen molar-refractivity contribution in [2.24, 2.45) is 0 Å². The number of ether oxygens (including phenoxy) is 2. The summed E-state index contributed by atoms with van der Waals surface area (Å²) in [5.41, 5.74) is 6.03. The predicted octanol–water partition coefficient (Wildman–Crippen LogP) is 5.16. The fourth-order valence-corrected chi connectivity index (χ4v) is 8.58. The van der Waals surface area contributed by atoms with Crippen LogP contribution in [0.1, 0.15) is 85.6 Å². The van der Waals surface area contributed by atoms with Crippen LogP contribution >= 0.6 is 0 Å².